The Balaban J connectivity index is 1.19. The van der Waals surface area contributed by atoms with Crippen LogP contribution in [0, 0.1) is 6.92 Å². The molecule has 6 nitrogen and oxygen atoms in total. The lowest BCUT2D eigenvalue weighted by atomic mass is 10.1. The average molecular weight is 431 g/mol. The topological polar surface area (TPSA) is 58.6 Å². The molecule has 1 saturated heterocycles. The largest absolute Gasteiger partial charge is 0.415 e. The van der Waals surface area contributed by atoms with Crippen LogP contribution in [-0.2, 0) is 12.8 Å². The summed E-state index contributed by atoms with van der Waals surface area (Å²) < 4.78 is 5.60. The van der Waals surface area contributed by atoms with Gasteiger partial charge in [0.1, 0.15) is 5.75 Å². The molecule has 2 aromatic heterocycles. The van der Waals surface area contributed by atoms with Gasteiger partial charge in [-0.25, -0.2) is 4.79 Å². The molecule has 3 aromatic rings. The highest BCUT2D eigenvalue weighted by Crippen LogP contribution is 2.17. The standard InChI is InChI=1S/C26H30N4O2/c1-21-5-2-13-28-25(21)19-22-8-10-24(11-9-22)32-26(31)30-17-15-29(16-18-30)14-4-7-23-6-3-12-27-20-23/h2-3,5-6,8-13,20H,4,7,14-19H2,1H3. The number of rotatable bonds is 7. The number of benzene rings is 1. The molecular weight excluding hydrogens is 400 g/mol. The number of carbonyl (C=O) groups is 1. The van der Waals surface area contributed by atoms with Crippen molar-refractivity contribution in [1.82, 2.24) is 19.8 Å². The molecule has 1 fully saturated rings. The van der Waals surface area contributed by atoms with Crippen LogP contribution in [0.2, 0.25) is 0 Å². The Morgan fingerprint density at radius 2 is 1.75 bits per heavy atom. The van der Waals surface area contributed by atoms with Crippen LogP contribution in [0.1, 0.15) is 28.8 Å². The predicted octanol–water partition coefficient (Wildman–Crippen LogP) is 4.13. The molecule has 1 aliphatic heterocycles. The van der Waals surface area contributed by atoms with E-state index in [0.717, 1.165) is 50.2 Å². The van der Waals surface area contributed by atoms with Crippen LogP contribution in [0.15, 0.2) is 67.1 Å². The van der Waals surface area contributed by atoms with E-state index in [1.165, 1.54) is 11.1 Å². The maximum absolute atomic E-state index is 12.6. The number of carbonyl (C=O) groups excluding carboxylic acids is 1. The summed E-state index contributed by atoms with van der Waals surface area (Å²) in [5.74, 6) is 0.579. The third-order valence-corrected chi connectivity index (χ3v) is 5.91. The van der Waals surface area contributed by atoms with Gasteiger partial charge >= 0.3 is 6.09 Å². The van der Waals surface area contributed by atoms with E-state index in [1.807, 2.05) is 48.8 Å². The van der Waals surface area contributed by atoms with Crippen LogP contribution in [0.25, 0.3) is 0 Å². The third-order valence-electron chi connectivity index (χ3n) is 5.91. The summed E-state index contributed by atoms with van der Waals surface area (Å²) in [6, 6.07) is 15.8. The first-order valence-electron chi connectivity index (χ1n) is 11.2. The molecule has 6 heteroatoms. The molecule has 0 aliphatic carbocycles. The van der Waals surface area contributed by atoms with Gasteiger partial charge in [-0.3, -0.25) is 14.9 Å². The molecule has 32 heavy (non-hydrogen) atoms. The predicted molar refractivity (Wildman–Crippen MR) is 125 cm³/mol. The molecule has 0 atom stereocenters. The molecule has 0 N–H and O–H groups in total. The van der Waals surface area contributed by atoms with Crippen LogP contribution < -0.4 is 4.74 Å². The zero-order valence-electron chi connectivity index (χ0n) is 18.6. The van der Waals surface area contributed by atoms with E-state index in [1.54, 1.807) is 11.1 Å². The van der Waals surface area contributed by atoms with Gasteiger partial charge in [0.15, 0.2) is 0 Å². The molecule has 1 aliphatic rings. The van der Waals surface area contributed by atoms with E-state index >= 15 is 0 Å². The van der Waals surface area contributed by atoms with Crippen molar-refractivity contribution >= 4 is 6.09 Å². The quantitative estimate of drug-likeness (QED) is 0.564. The molecule has 0 spiro atoms. The summed E-state index contributed by atoms with van der Waals surface area (Å²) in [7, 11) is 0. The lowest BCUT2D eigenvalue weighted by Gasteiger charge is -2.34. The molecule has 3 heterocycles. The van der Waals surface area contributed by atoms with Crippen molar-refractivity contribution in [2.75, 3.05) is 32.7 Å². The second-order valence-corrected chi connectivity index (χ2v) is 8.25. The summed E-state index contributed by atoms with van der Waals surface area (Å²) in [6.07, 6.45) is 8.18. The van der Waals surface area contributed by atoms with Gasteiger partial charge in [-0.05, 0) is 67.3 Å². The molecule has 4 rings (SSSR count). The number of ether oxygens (including phenoxy) is 1. The third kappa shape index (κ3) is 6.14. The fraction of sp³-hybridized carbons (Fsp3) is 0.346. The number of piperazine rings is 1. The van der Waals surface area contributed by atoms with Crippen molar-refractivity contribution in [3.63, 3.8) is 0 Å². The summed E-state index contributed by atoms with van der Waals surface area (Å²) in [5.41, 5.74) is 4.66. The zero-order chi connectivity index (χ0) is 22.2. The number of pyridine rings is 2. The Morgan fingerprint density at radius 3 is 2.47 bits per heavy atom. The number of amides is 1. The number of aromatic nitrogens is 2. The molecule has 1 amide bonds. The Labute approximate surface area is 189 Å². The van der Waals surface area contributed by atoms with Gasteiger partial charge in [-0.2, -0.15) is 0 Å². The van der Waals surface area contributed by atoms with Crippen LogP contribution >= 0.6 is 0 Å². The second-order valence-electron chi connectivity index (χ2n) is 8.25. The second kappa shape index (κ2) is 10.9. The molecule has 0 radical (unpaired) electrons. The molecule has 0 unspecified atom stereocenters. The summed E-state index contributed by atoms with van der Waals surface area (Å²) in [6.45, 7) is 6.26. The highest BCUT2D eigenvalue weighted by molar-refractivity contribution is 5.70. The van der Waals surface area contributed by atoms with Gasteiger partial charge < -0.3 is 9.64 Å². The van der Waals surface area contributed by atoms with Crippen molar-refractivity contribution in [3.05, 3.63) is 89.5 Å². The van der Waals surface area contributed by atoms with Gasteiger partial charge in [0, 0.05) is 56.9 Å². The maximum atomic E-state index is 12.6. The zero-order valence-corrected chi connectivity index (χ0v) is 18.6. The monoisotopic (exact) mass is 430 g/mol. The van der Waals surface area contributed by atoms with Crippen molar-refractivity contribution < 1.29 is 9.53 Å². The normalized spacial score (nSPS) is 14.3. The van der Waals surface area contributed by atoms with Gasteiger partial charge in [-0.15, -0.1) is 0 Å². The highest BCUT2D eigenvalue weighted by Gasteiger charge is 2.22. The van der Waals surface area contributed by atoms with E-state index in [9.17, 15) is 4.79 Å². The summed E-state index contributed by atoms with van der Waals surface area (Å²) >= 11 is 0. The number of hydrogen-bond donors (Lipinski definition) is 0. The van der Waals surface area contributed by atoms with Crippen LogP contribution in [0.4, 0.5) is 4.79 Å². The number of aryl methyl sites for hydroxylation is 2. The van der Waals surface area contributed by atoms with Crippen molar-refractivity contribution in [2.24, 2.45) is 0 Å². The van der Waals surface area contributed by atoms with Crippen LogP contribution in [0.5, 0.6) is 5.75 Å². The lowest BCUT2D eigenvalue weighted by molar-refractivity contribution is 0.110. The lowest BCUT2D eigenvalue weighted by Crippen LogP contribution is -2.49. The SMILES string of the molecule is Cc1cccnc1Cc1ccc(OC(=O)N2CCN(CCCc3cccnc3)CC2)cc1. The van der Waals surface area contributed by atoms with E-state index in [0.29, 0.717) is 18.8 Å². The van der Waals surface area contributed by atoms with Gasteiger partial charge in [0.05, 0.1) is 0 Å². The Morgan fingerprint density at radius 1 is 0.969 bits per heavy atom. The fourth-order valence-corrected chi connectivity index (χ4v) is 3.94. The smallest absolute Gasteiger partial charge is 0.410 e. The van der Waals surface area contributed by atoms with E-state index < -0.39 is 0 Å². The minimum atomic E-state index is -0.270. The van der Waals surface area contributed by atoms with Crippen LogP contribution in [-0.4, -0.2) is 58.6 Å². The molecule has 166 valence electrons. The highest BCUT2D eigenvalue weighted by atomic mass is 16.6. The first kappa shape index (κ1) is 22.0. The van der Waals surface area contributed by atoms with Gasteiger partial charge in [-0.1, -0.05) is 24.3 Å². The van der Waals surface area contributed by atoms with E-state index in [2.05, 4.69) is 33.9 Å². The molecule has 0 saturated carbocycles. The molecule has 1 aromatic carbocycles. The Hall–Kier alpha value is -3.25. The van der Waals surface area contributed by atoms with Gasteiger partial charge in [0.2, 0.25) is 0 Å². The number of nitrogens with zero attached hydrogens (tertiary/aromatic N) is 4. The maximum Gasteiger partial charge on any atom is 0.415 e. The average Bonchev–Trinajstić information content (AvgIpc) is 2.83. The van der Waals surface area contributed by atoms with E-state index in [4.69, 9.17) is 4.74 Å². The summed E-state index contributed by atoms with van der Waals surface area (Å²) in [5, 5.41) is 0. The Bertz CT molecular complexity index is 1000. The van der Waals surface area contributed by atoms with Gasteiger partial charge in [0.25, 0.3) is 0 Å². The molecule has 0 bridgehead atoms. The van der Waals surface area contributed by atoms with Crippen LogP contribution in [0.3, 0.4) is 0 Å². The minimum absolute atomic E-state index is 0.270. The summed E-state index contributed by atoms with van der Waals surface area (Å²) in [4.78, 5) is 25.4. The van der Waals surface area contributed by atoms with Crippen molar-refractivity contribution in [3.8, 4) is 5.75 Å². The molecular formula is C26H30N4O2. The van der Waals surface area contributed by atoms with E-state index in [-0.39, 0.29) is 6.09 Å². The first-order valence-corrected chi connectivity index (χ1v) is 11.2. The minimum Gasteiger partial charge on any atom is -0.410 e. The van der Waals surface area contributed by atoms with Crippen molar-refractivity contribution in [1.29, 1.82) is 0 Å². The first-order chi connectivity index (χ1) is 15.7. The number of hydrogen-bond acceptors (Lipinski definition) is 5. The Kier molecular flexibility index (Phi) is 7.46. The van der Waals surface area contributed by atoms with Crippen molar-refractivity contribution in [2.45, 2.75) is 26.2 Å². The fourth-order valence-electron chi connectivity index (χ4n) is 3.94.